The van der Waals surface area contributed by atoms with Crippen molar-refractivity contribution in [1.29, 1.82) is 5.26 Å². The smallest absolute Gasteiger partial charge is 0.149 e. The lowest BCUT2D eigenvalue weighted by Crippen LogP contribution is -2.34. The van der Waals surface area contributed by atoms with Crippen LogP contribution in [0, 0.1) is 11.3 Å². The number of hydrogen-bond donors (Lipinski definition) is 1. The third-order valence-corrected chi connectivity index (χ3v) is 4.75. The van der Waals surface area contributed by atoms with Crippen LogP contribution in [0.1, 0.15) is 36.0 Å². The highest BCUT2D eigenvalue weighted by atomic mass is 15.2. The third-order valence-electron chi connectivity index (χ3n) is 4.75. The van der Waals surface area contributed by atoms with Crippen molar-refractivity contribution in [3.63, 3.8) is 0 Å². The van der Waals surface area contributed by atoms with Crippen LogP contribution in [0.4, 0.5) is 11.6 Å². The average Bonchev–Trinajstić information content (AvgIpc) is 2.59. The molecule has 1 saturated heterocycles. The molecule has 0 aromatic carbocycles. The lowest BCUT2D eigenvalue weighted by Gasteiger charge is -2.33. The summed E-state index contributed by atoms with van der Waals surface area (Å²) < 4.78 is 0. The van der Waals surface area contributed by atoms with Crippen LogP contribution < -0.4 is 10.2 Å². The number of nitrogens with zero attached hydrogens (tertiary/aromatic N) is 4. The summed E-state index contributed by atoms with van der Waals surface area (Å²) >= 11 is 0. The molecular weight excluding hydrogens is 286 g/mol. The molecule has 0 amide bonds. The minimum Gasteiger partial charge on any atom is -0.366 e. The second-order valence-electron chi connectivity index (χ2n) is 6.43. The minimum absolute atomic E-state index is 0.689. The lowest BCUT2D eigenvalue weighted by atomic mass is 9.95. The monoisotopic (exact) mass is 311 g/mol. The van der Waals surface area contributed by atoms with E-state index in [-0.39, 0.29) is 0 Å². The predicted octanol–water partition coefficient (Wildman–Crippen LogP) is 2.53. The zero-order valence-corrected chi connectivity index (χ0v) is 13.9. The number of piperidine rings is 1. The maximum Gasteiger partial charge on any atom is 0.149 e. The Hall–Kier alpha value is -2.06. The van der Waals surface area contributed by atoms with Crippen molar-refractivity contribution in [2.75, 3.05) is 43.4 Å². The molecule has 0 radical (unpaired) electrons. The van der Waals surface area contributed by atoms with Crippen molar-refractivity contribution in [2.45, 2.75) is 32.2 Å². The summed E-state index contributed by atoms with van der Waals surface area (Å²) in [5.74, 6) is 1.80. The fourth-order valence-electron chi connectivity index (χ4n) is 3.52. The number of nitriles is 1. The summed E-state index contributed by atoms with van der Waals surface area (Å²) in [6.07, 6.45) is 6.40. The normalized spacial score (nSPS) is 18.2. The predicted molar refractivity (Wildman–Crippen MR) is 93.7 cm³/mol. The molecule has 2 aliphatic heterocycles. The van der Waals surface area contributed by atoms with Gasteiger partial charge in [0.15, 0.2) is 0 Å². The molecular formula is C18H25N5. The molecule has 0 aliphatic carbocycles. The van der Waals surface area contributed by atoms with Gasteiger partial charge in [0.25, 0.3) is 0 Å². The van der Waals surface area contributed by atoms with E-state index < -0.39 is 0 Å². The summed E-state index contributed by atoms with van der Waals surface area (Å²) in [6.45, 7) is 8.31. The van der Waals surface area contributed by atoms with E-state index in [1.54, 1.807) is 0 Å². The molecule has 1 aromatic rings. The summed E-state index contributed by atoms with van der Waals surface area (Å²) in [6, 6.07) is 2.45. The maximum atomic E-state index is 9.77. The first-order valence-corrected chi connectivity index (χ1v) is 8.48. The highest BCUT2D eigenvalue weighted by molar-refractivity contribution is 5.67. The summed E-state index contributed by atoms with van der Waals surface area (Å²) in [5.41, 5.74) is 3.16. The Morgan fingerprint density at radius 1 is 1.26 bits per heavy atom. The standard InChI is InChI=1S/C18H25N5/c1-3-8-20-17-16-13-22(2)11-7-14(16)15(12-19)18(21-17)23-9-5-4-6-10-23/h3H,1,4-11,13H2,2H3,(H,20,21). The molecule has 1 fully saturated rings. The molecule has 23 heavy (non-hydrogen) atoms. The van der Waals surface area contributed by atoms with Gasteiger partial charge in [-0.15, -0.1) is 6.58 Å². The van der Waals surface area contributed by atoms with Gasteiger partial charge in [0.1, 0.15) is 17.7 Å². The van der Waals surface area contributed by atoms with Gasteiger partial charge in [-0.1, -0.05) is 6.08 Å². The molecule has 0 spiro atoms. The highest BCUT2D eigenvalue weighted by Gasteiger charge is 2.26. The number of aromatic nitrogens is 1. The lowest BCUT2D eigenvalue weighted by molar-refractivity contribution is 0.313. The summed E-state index contributed by atoms with van der Waals surface area (Å²) in [4.78, 5) is 9.44. The van der Waals surface area contributed by atoms with Crippen LogP contribution in [-0.2, 0) is 13.0 Å². The topological polar surface area (TPSA) is 55.2 Å². The van der Waals surface area contributed by atoms with E-state index in [4.69, 9.17) is 4.98 Å². The second kappa shape index (κ2) is 7.01. The van der Waals surface area contributed by atoms with E-state index >= 15 is 0 Å². The van der Waals surface area contributed by atoms with Crippen molar-refractivity contribution < 1.29 is 0 Å². The molecule has 3 rings (SSSR count). The third kappa shape index (κ3) is 3.18. The first-order valence-electron chi connectivity index (χ1n) is 8.48. The van der Waals surface area contributed by atoms with E-state index in [1.807, 2.05) is 6.08 Å². The largest absolute Gasteiger partial charge is 0.366 e. The molecule has 3 heterocycles. The maximum absolute atomic E-state index is 9.77. The fourth-order valence-corrected chi connectivity index (χ4v) is 3.52. The van der Waals surface area contributed by atoms with E-state index in [0.29, 0.717) is 6.54 Å². The van der Waals surface area contributed by atoms with Crippen LogP contribution in [0.25, 0.3) is 0 Å². The Bertz CT molecular complexity index is 625. The van der Waals surface area contributed by atoms with E-state index in [1.165, 1.54) is 30.4 Å². The zero-order chi connectivity index (χ0) is 16.2. The van der Waals surface area contributed by atoms with Gasteiger partial charge in [0.05, 0.1) is 5.56 Å². The highest BCUT2D eigenvalue weighted by Crippen LogP contribution is 2.33. The molecule has 0 saturated carbocycles. The molecule has 5 heteroatoms. The second-order valence-corrected chi connectivity index (χ2v) is 6.43. The Labute approximate surface area is 138 Å². The number of rotatable bonds is 4. The number of anilines is 2. The van der Waals surface area contributed by atoms with Gasteiger partial charge in [0.2, 0.25) is 0 Å². The van der Waals surface area contributed by atoms with Crippen molar-refractivity contribution in [1.82, 2.24) is 9.88 Å². The Kier molecular flexibility index (Phi) is 4.82. The number of hydrogen-bond acceptors (Lipinski definition) is 5. The molecule has 5 nitrogen and oxygen atoms in total. The number of fused-ring (bicyclic) bond motifs is 1. The van der Waals surface area contributed by atoms with Crippen molar-refractivity contribution in [3.8, 4) is 6.07 Å². The van der Waals surface area contributed by atoms with Crippen LogP contribution in [-0.4, -0.2) is 43.1 Å². The van der Waals surface area contributed by atoms with Crippen molar-refractivity contribution in [2.24, 2.45) is 0 Å². The molecule has 2 aliphatic rings. The summed E-state index contributed by atoms with van der Waals surface area (Å²) in [7, 11) is 2.12. The van der Waals surface area contributed by atoms with Crippen molar-refractivity contribution in [3.05, 3.63) is 29.3 Å². The van der Waals surface area contributed by atoms with Crippen LogP contribution >= 0.6 is 0 Å². The SMILES string of the molecule is C=CCNc1nc(N2CCCCC2)c(C#N)c2c1CN(C)CC2. The summed E-state index contributed by atoms with van der Waals surface area (Å²) in [5, 5.41) is 13.2. The number of pyridine rings is 1. The van der Waals surface area contributed by atoms with Crippen LogP contribution in [0.3, 0.4) is 0 Å². The van der Waals surface area contributed by atoms with Crippen molar-refractivity contribution >= 4 is 11.6 Å². The molecule has 1 aromatic heterocycles. The molecule has 1 N–H and O–H groups in total. The van der Waals surface area contributed by atoms with E-state index in [0.717, 1.165) is 49.8 Å². The van der Waals surface area contributed by atoms with Gasteiger partial charge in [-0.2, -0.15) is 5.26 Å². The first-order chi connectivity index (χ1) is 11.2. The molecule has 0 unspecified atom stereocenters. The Morgan fingerprint density at radius 2 is 2.04 bits per heavy atom. The zero-order valence-electron chi connectivity index (χ0n) is 13.9. The van der Waals surface area contributed by atoms with Gasteiger partial charge in [-0.25, -0.2) is 4.98 Å². The Balaban J connectivity index is 2.08. The average molecular weight is 311 g/mol. The number of likely N-dealkylation sites (N-methyl/N-ethyl adjacent to an activating group) is 1. The van der Waals surface area contributed by atoms with E-state index in [2.05, 4.69) is 34.8 Å². The number of nitrogens with one attached hydrogen (secondary N) is 1. The first kappa shape index (κ1) is 15.8. The quantitative estimate of drug-likeness (QED) is 0.866. The van der Waals surface area contributed by atoms with Gasteiger partial charge >= 0.3 is 0 Å². The molecule has 122 valence electrons. The van der Waals surface area contributed by atoms with Gasteiger partial charge in [-0.3, -0.25) is 0 Å². The van der Waals surface area contributed by atoms with Gasteiger partial charge in [0, 0.05) is 38.3 Å². The van der Waals surface area contributed by atoms with E-state index in [9.17, 15) is 5.26 Å². The van der Waals surface area contributed by atoms with Crippen LogP contribution in [0.5, 0.6) is 0 Å². The molecule has 0 atom stereocenters. The van der Waals surface area contributed by atoms with Gasteiger partial charge in [-0.05, 0) is 38.3 Å². The van der Waals surface area contributed by atoms with Gasteiger partial charge < -0.3 is 15.1 Å². The molecule has 0 bridgehead atoms. The fraction of sp³-hybridized carbons (Fsp3) is 0.556. The Morgan fingerprint density at radius 3 is 2.74 bits per heavy atom. The van der Waals surface area contributed by atoms with Crippen LogP contribution in [0.2, 0.25) is 0 Å². The minimum atomic E-state index is 0.689. The van der Waals surface area contributed by atoms with Crippen LogP contribution in [0.15, 0.2) is 12.7 Å².